The van der Waals surface area contributed by atoms with Gasteiger partial charge in [0.25, 0.3) is 0 Å². The Bertz CT molecular complexity index is 822. The van der Waals surface area contributed by atoms with E-state index in [1.807, 2.05) is 32.0 Å². The average molecular weight is 330 g/mol. The number of allylic oxidation sites excluding steroid dienone is 2. The number of benzene rings is 1. The second-order valence-corrected chi connectivity index (χ2v) is 7.14. The van der Waals surface area contributed by atoms with Gasteiger partial charge in [0.05, 0.1) is 12.0 Å². The SMILES string of the molecule is CCOC(=O)[C@@]1(C)c2c([nH]c3ccc(Cl)cc23)C2C=C[C@@H]1CC2. The molecule has 3 aliphatic rings. The van der Waals surface area contributed by atoms with Crippen LogP contribution in [0, 0.1) is 5.92 Å². The first-order chi connectivity index (χ1) is 11.1. The molecular weight excluding hydrogens is 310 g/mol. The van der Waals surface area contributed by atoms with Gasteiger partial charge in [-0.1, -0.05) is 23.8 Å². The first-order valence-electron chi connectivity index (χ1n) is 8.22. The van der Waals surface area contributed by atoms with Crippen LogP contribution in [-0.2, 0) is 14.9 Å². The lowest BCUT2D eigenvalue weighted by Gasteiger charge is -2.33. The lowest BCUT2D eigenvalue weighted by molar-refractivity contribution is -0.151. The molecule has 3 atom stereocenters. The Morgan fingerprint density at radius 3 is 2.91 bits per heavy atom. The van der Waals surface area contributed by atoms with Crippen molar-refractivity contribution in [1.29, 1.82) is 0 Å². The molecule has 4 heteroatoms. The molecule has 23 heavy (non-hydrogen) atoms. The number of esters is 1. The first-order valence-corrected chi connectivity index (χ1v) is 8.60. The molecule has 5 rings (SSSR count). The number of hydrogen-bond acceptors (Lipinski definition) is 2. The maximum Gasteiger partial charge on any atom is 0.316 e. The van der Waals surface area contributed by atoms with Crippen LogP contribution in [0.5, 0.6) is 0 Å². The van der Waals surface area contributed by atoms with Crippen LogP contribution in [-0.4, -0.2) is 17.6 Å². The van der Waals surface area contributed by atoms with Crippen LogP contribution in [0.1, 0.15) is 43.9 Å². The van der Waals surface area contributed by atoms with Crippen molar-refractivity contribution in [1.82, 2.24) is 4.98 Å². The van der Waals surface area contributed by atoms with E-state index in [4.69, 9.17) is 16.3 Å². The molecule has 3 nitrogen and oxygen atoms in total. The summed E-state index contributed by atoms with van der Waals surface area (Å²) in [6, 6.07) is 5.85. The van der Waals surface area contributed by atoms with Crippen LogP contribution >= 0.6 is 11.6 Å². The van der Waals surface area contributed by atoms with E-state index in [1.54, 1.807) is 0 Å². The zero-order chi connectivity index (χ0) is 16.2. The van der Waals surface area contributed by atoms with E-state index in [2.05, 4.69) is 17.1 Å². The molecule has 1 aromatic heterocycles. The molecule has 0 spiro atoms. The molecule has 0 radical (unpaired) electrons. The molecule has 1 N–H and O–H groups in total. The minimum absolute atomic E-state index is 0.140. The van der Waals surface area contributed by atoms with Crippen molar-refractivity contribution in [2.75, 3.05) is 6.61 Å². The average Bonchev–Trinajstić information content (AvgIpc) is 2.83. The second kappa shape index (κ2) is 5.13. The van der Waals surface area contributed by atoms with Gasteiger partial charge in [-0.15, -0.1) is 0 Å². The summed E-state index contributed by atoms with van der Waals surface area (Å²) >= 11 is 6.24. The summed E-state index contributed by atoms with van der Waals surface area (Å²) in [7, 11) is 0. The highest BCUT2D eigenvalue weighted by molar-refractivity contribution is 6.31. The lowest BCUT2D eigenvalue weighted by atomic mass is 9.70. The molecule has 2 bridgehead atoms. The van der Waals surface area contributed by atoms with Gasteiger partial charge in [-0.2, -0.15) is 0 Å². The van der Waals surface area contributed by atoms with E-state index >= 15 is 0 Å². The minimum atomic E-state index is -0.671. The van der Waals surface area contributed by atoms with Gasteiger partial charge in [0.1, 0.15) is 0 Å². The standard InChI is InChI=1S/C19H20ClNO2/c1-3-23-18(22)19(2)12-6-4-11(5-7-12)17-16(19)14-10-13(20)8-9-15(14)21-17/h4,6,8-12,21H,3,5,7H2,1-2H3/t11?,12-,19-/m1/s1. The number of rotatable bonds is 2. The Hall–Kier alpha value is -1.74. The number of aromatic nitrogens is 1. The van der Waals surface area contributed by atoms with E-state index in [1.165, 1.54) is 0 Å². The smallest absolute Gasteiger partial charge is 0.316 e. The van der Waals surface area contributed by atoms with E-state index in [9.17, 15) is 4.79 Å². The van der Waals surface area contributed by atoms with Crippen molar-refractivity contribution in [3.8, 4) is 0 Å². The summed E-state index contributed by atoms with van der Waals surface area (Å²) in [5, 5.41) is 1.73. The van der Waals surface area contributed by atoms with Crippen molar-refractivity contribution >= 4 is 28.5 Å². The van der Waals surface area contributed by atoms with E-state index in [-0.39, 0.29) is 11.9 Å². The van der Waals surface area contributed by atoms with E-state index in [0.29, 0.717) is 17.5 Å². The first kappa shape index (κ1) is 14.8. The van der Waals surface area contributed by atoms with Gasteiger partial charge in [-0.05, 0) is 56.4 Å². The van der Waals surface area contributed by atoms with E-state index < -0.39 is 5.41 Å². The Morgan fingerprint density at radius 1 is 1.39 bits per heavy atom. The lowest BCUT2D eigenvalue weighted by Crippen LogP contribution is -2.40. The van der Waals surface area contributed by atoms with Gasteiger partial charge in [0.2, 0.25) is 0 Å². The number of carbonyl (C=O) groups excluding carboxylic acids is 1. The molecular formula is C19H20ClNO2. The van der Waals surface area contributed by atoms with Gasteiger partial charge in [0.15, 0.2) is 0 Å². The van der Waals surface area contributed by atoms with Crippen molar-refractivity contribution < 1.29 is 9.53 Å². The summed E-state index contributed by atoms with van der Waals surface area (Å²) in [6.45, 7) is 4.28. The van der Waals surface area contributed by atoms with Crippen LogP contribution in [0.15, 0.2) is 30.4 Å². The topological polar surface area (TPSA) is 42.1 Å². The fraction of sp³-hybridized carbons (Fsp3) is 0.421. The van der Waals surface area contributed by atoms with Crippen molar-refractivity contribution in [2.45, 2.75) is 38.0 Å². The van der Waals surface area contributed by atoms with Crippen molar-refractivity contribution in [3.05, 3.63) is 46.6 Å². The Balaban J connectivity index is 2.05. The zero-order valence-corrected chi connectivity index (χ0v) is 14.1. The molecule has 1 aromatic carbocycles. The van der Waals surface area contributed by atoms with Crippen LogP contribution < -0.4 is 0 Å². The molecule has 0 amide bonds. The zero-order valence-electron chi connectivity index (χ0n) is 13.4. The normalized spacial score (nSPS) is 28.7. The summed E-state index contributed by atoms with van der Waals surface area (Å²) in [5.74, 6) is 0.361. The maximum atomic E-state index is 12.9. The molecule has 2 aromatic rings. The van der Waals surface area contributed by atoms with Crippen LogP contribution in [0.3, 0.4) is 0 Å². The Kier molecular flexibility index (Phi) is 3.31. The van der Waals surface area contributed by atoms with Gasteiger partial charge < -0.3 is 9.72 Å². The number of aromatic amines is 1. The number of hydrogen-bond donors (Lipinski definition) is 1. The number of carbonyl (C=O) groups is 1. The predicted octanol–water partition coefficient (Wildman–Crippen LogP) is 4.71. The predicted molar refractivity (Wildman–Crippen MR) is 91.9 cm³/mol. The highest BCUT2D eigenvalue weighted by atomic mass is 35.5. The van der Waals surface area contributed by atoms with Gasteiger partial charge in [-0.25, -0.2) is 0 Å². The quantitative estimate of drug-likeness (QED) is 0.640. The Morgan fingerprint density at radius 2 is 2.22 bits per heavy atom. The molecule has 3 aliphatic carbocycles. The number of H-pyrrole nitrogens is 1. The second-order valence-electron chi connectivity index (χ2n) is 6.70. The monoisotopic (exact) mass is 329 g/mol. The Labute approximate surface area is 140 Å². The highest BCUT2D eigenvalue weighted by Gasteiger charge is 2.50. The molecule has 1 heterocycles. The third-order valence-electron chi connectivity index (χ3n) is 5.49. The van der Waals surface area contributed by atoms with Crippen LogP contribution in [0.25, 0.3) is 10.9 Å². The summed E-state index contributed by atoms with van der Waals surface area (Å²) in [5.41, 5.74) is 2.59. The number of ether oxygens (including phenoxy) is 1. The molecule has 1 unspecified atom stereocenters. The molecule has 0 aliphatic heterocycles. The van der Waals surface area contributed by atoms with Crippen LogP contribution in [0.4, 0.5) is 0 Å². The summed E-state index contributed by atoms with van der Waals surface area (Å²) in [4.78, 5) is 16.5. The van der Waals surface area contributed by atoms with Gasteiger partial charge >= 0.3 is 5.97 Å². The molecule has 0 fully saturated rings. The van der Waals surface area contributed by atoms with E-state index in [0.717, 1.165) is 35.0 Å². The minimum Gasteiger partial charge on any atom is -0.465 e. The number of fused-ring (bicyclic) bond motifs is 2. The maximum absolute atomic E-state index is 12.9. The molecule has 0 saturated heterocycles. The van der Waals surface area contributed by atoms with Crippen LogP contribution in [0.2, 0.25) is 5.02 Å². The summed E-state index contributed by atoms with van der Waals surface area (Å²) in [6.07, 6.45) is 6.51. The highest BCUT2D eigenvalue weighted by Crippen LogP contribution is 2.51. The summed E-state index contributed by atoms with van der Waals surface area (Å²) < 4.78 is 5.48. The fourth-order valence-electron chi connectivity index (χ4n) is 4.28. The van der Waals surface area contributed by atoms with Crippen molar-refractivity contribution in [2.24, 2.45) is 5.92 Å². The fourth-order valence-corrected chi connectivity index (χ4v) is 4.46. The van der Waals surface area contributed by atoms with Gasteiger partial charge in [0, 0.05) is 27.5 Å². The molecule has 0 saturated carbocycles. The molecule has 120 valence electrons. The third kappa shape index (κ3) is 1.99. The number of halogens is 1. The van der Waals surface area contributed by atoms with Gasteiger partial charge in [-0.3, -0.25) is 4.79 Å². The van der Waals surface area contributed by atoms with Crippen molar-refractivity contribution in [3.63, 3.8) is 0 Å². The third-order valence-corrected chi connectivity index (χ3v) is 5.72. The largest absolute Gasteiger partial charge is 0.465 e. The number of nitrogens with one attached hydrogen (secondary N) is 1.